The monoisotopic (exact) mass is 276 g/mol. The molecule has 3 heterocycles. The quantitative estimate of drug-likeness (QED) is 0.907. The van der Waals surface area contributed by atoms with E-state index in [9.17, 15) is 0 Å². The molecule has 0 aliphatic carbocycles. The maximum Gasteiger partial charge on any atom is 0.231 e. The third-order valence-electron chi connectivity index (χ3n) is 4.29. The number of piperidine rings is 1. The fraction of sp³-hybridized carbons (Fsp3) is 0.786. The molecule has 110 valence electrons. The summed E-state index contributed by atoms with van der Waals surface area (Å²) in [4.78, 5) is 18.3. The molecular formula is C14H24N6. The van der Waals surface area contributed by atoms with Gasteiger partial charge in [-0.25, -0.2) is 0 Å². The van der Waals surface area contributed by atoms with Gasteiger partial charge in [-0.3, -0.25) is 0 Å². The molecule has 20 heavy (non-hydrogen) atoms. The molecule has 0 radical (unpaired) electrons. The average molecular weight is 276 g/mol. The molecule has 1 N–H and O–H groups in total. The van der Waals surface area contributed by atoms with Crippen molar-refractivity contribution in [1.82, 2.24) is 15.0 Å². The fourth-order valence-corrected chi connectivity index (χ4v) is 2.87. The molecule has 0 saturated carbocycles. The smallest absolute Gasteiger partial charge is 0.231 e. The summed E-state index contributed by atoms with van der Waals surface area (Å²) in [6, 6.07) is 0. The Balaban J connectivity index is 1.83. The van der Waals surface area contributed by atoms with Gasteiger partial charge in [0.2, 0.25) is 17.8 Å². The van der Waals surface area contributed by atoms with Crippen LogP contribution in [-0.2, 0) is 0 Å². The number of rotatable bonds is 3. The van der Waals surface area contributed by atoms with Crippen LogP contribution in [0.2, 0.25) is 0 Å². The molecule has 2 saturated heterocycles. The molecule has 0 bridgehead atoms. The van der Waals surface area contributed by atoms with Gasteiger partial charge in [-0.15, -0.1) is 0 Å². The Bertz CT molecular complexity index is 449. The number of nitrogens with one attached hydrogen (secondary N) is 1. The van der Waals surface area contributed by atoms with Crippen LogP contribution in [0.15, 0.2) is 0 Å². The summed E-state index contributed by atoms with van der Waals surface area (Å²) in [5.74, 6) is 3.15. The van der Waals surface area contributed by atoms with Crippen LogP contribution in [0.25, 0.3) is 0 Å². The van der Waals surface area contributed by atoms with Crippen molar-refractivity contribution in [2.45, 2.75) is 32.6 Å². The lowest BCUT2D eigenvalue weighted by atomic mass is 10.00. The molecule has 0 unspecified atom stereocenters. The van der Waals surface area contributed by atoms with Gasteiger partial charge in [-0.2, -0.15) is 15.0 Å². The van der Waals surface area contributed by atoms with E-state index in [0.29, 0.717) is 5.95 Å². The average Bonchev–Trinajstić information content (AvgIpc) is 3.02. The molecule has 2 aliphatic heterocycles. The molecule has 2 aliphatic rings. The van der Waals surface area contributed by atoms with Crippen molar-refractivity contribution in [3.05, 3.63) is 0 Å². The van der Waals surface area contributed by atoms with Gasteiger partial charge in [-0.1, -0.05) is 6.92 Å². The van der Waals surface area contributed by atoms with Crippen LogP contribution in [0.3, 0.4) is 0 Å². The molecular weight excluding hydrogens is 252 g/mol. The second kappa shape index (κ2) is 5.81. The zero-order valence-electron chi connectivity index (χ0n) is 12.5. The van der Waals surface area contributed by atoms with Crippen molar-refractivity contribution in [1.29, 1.82) is 0 Å². The van der Waals surface area contributed by atoms with Gasteiger partial charge in [0.25, 0.3) is 0 Å². The highest BCUT2D eigenvalue weighted by Gasteiger charge is 2.22. The van der Waals surface area contributed by atoms with Gasteiger partial charge in [0.05, 0.1) is 0 Å². The number of hydrogen-bond donors (Lipinski definition) is 1. The molecule has 1 aromatic heterocycles. The Morgan fingerprint density at radius 3 is 2.00 bits per heavy atom. The molecule has 0 atom stereocenters. The van der Waals surface area contributed by atoms with Gasteiger partial charge in [0, 0.05) is 33.2 Å². The normalized spacial score (nSPS) is 20.5. The van der Waals surface area contributed by atoms with Crippen molar-refractivity contribution in [2.24, 2.45) is 5.92 Å². The van der Waals surface area contributed by atoms with E-state index >= 15 is 0 Å². The minimum absolute atomic E-state index is 0.676. The van der Waals surface area contributed by atoms with E-state index < -0.39 is 0 Å². The summed E-state index contributed by atoms with van der Waals surface area (Å²) < 4.78 is 0. The molecule has 0 amide bonds. The number of hydrogen-bond acceptors (Lipinski definition) is 6. The van der Waals surface area contributed by atoms with Crippen LogP contribution in [0, 0.1) is 5.92 Å². The van der Waals surface area contributed by atoms with E-state index in [2.05, 4.69) is 32.0 Å². The number of aromatic nitrogens is 3. The molecule has 2 fully saturated rings. The fourth-order valence-electron chi connectivity index (χ4n) is 2.87. The Kier molecular flexibility index (Phi) is 3.89. The Morgan fingerprint density at radius 1 is 0.900 bits per heavy atom. The van der Waals surface area contributed by atoms with Crippen LogP contribution < -0.4 is 15.1 Å². The molecule has 0 spiro atoms. The maximum absolute atomic E-state index is 4.70. The zero-order chi connectivity index (χ0) is 13.9. The topological polar surface area (TPSA) is 57.2 Å². The van der Waals surface area contributed by atoms with Crippen molar-refractivity contribution in [3.8, 4) is 0 Å². The van der Waals surface area contributed by atoms with Crippen LogP contribution in [0.1, 0.15) is 32.6 Å². The highest BCUT2D eigenvalue weighted by Crippen LogP contribution is 2.24. The standard InChI is InChI=1S/C14H24N6/c1-11-5-9-20(10-6-11)14-17-12(15-2)16-13(18-14)19-7-3-4-8-19/h11H,3-10H2,1-2H3,(H,15,16,17,18). The molecule has 0 aromatic carbocycles. The lowest BCUT2D eigenvalue weighted by Crippen LogP contribution is -2.35. The number of anilines is 3. The third-order valence-corrected chi connectivity index (χ3v) is 4.29. The highest BCUT2D eigenvalue weighted by molar-refractivity contribution is 5.45. The second-order valence-electron chi connectivity index (χ2n) is 5.87. The first-order chi connectivity index (χ1) is 9.76. The van der Waals surface area contributed by atoms with E-state index in [1.54, 1.807) is 0 Å². The van der Waals surface area contributed by atoms with Crippen molar-refractivity contribution >= 4 is 17.8 Å². The molecule has 1 aromatic rings. The van der Waals surface area contributed by atoms with E-state index in [0.717, 1.165) is 44.0 Å². The molecule has 3 rings (SSSR count). The summed E-state index contributed by atoms with van der Waals surface area (Å²) in [5, 5.41) is 3.06. The van der Waals surface area contributed by atoms with Gasteiger partial charge in [-0.05, 0) is 31.6 Å². The largest absolute Gasteiger partial charge is 0.357 e. The minimum Gasteiger partial charge on any atom is -0.357 e. The first-order valence-electron chi connectivity index (χ1n) is 7.70. The summed E-state index contributed by atoms with van der Waals surface area (Å²) in [6.45, 7) is 6.54. The highest BCUT2D eigenvalue weighted by atomic mass is 15.4. The number of nitrogens with zero attached hydrogens (tertiary/aromatic N) is 5. The van der Waals surface area contributed by atoms with Crippen molar-refractivity contribution in [2.75, 3.05) is 48.3 Å². The maximum atomic E-state index is 4.70. The van der Waals surface area contributed by atoms with Crippen LogP contribution >= 0.6 is 0 Å². The van der Waals surface area contributed by atoms with Crippen molar-refractivity contribution in [3.63, 3.8) is 0 Å². The molecule has 6 heteroatoms. The summed E-state index contributed by atoms with van der Waals surface area (Å²) >= 11 is 0. The van der Waals surface area contributed by atoms with E-state index in [4.69, 9.17) is 4.98 Å². The van der Waals surface area contributed by atoms with E-state index in [-0.39, 0.29) is 0 Å². The van der Waals surface area contributed by atoms with Gasteiger partial charge < -0.3 is 15.1 Å². The first kappa shape index (κ1) is 13.4. The Labute approximate surface area is 120 Å². The lowest BCUT2D eigenvalue weighted by molar-refractivity contribution is 0.434. The minimum atomic E-state index is 0.676. The SMILES string of the molecule is CNc1nc(N2CCCC2)nc(N2CCC(C)CC2)n1. The predicted molar refractivity (Wildman–Crippen MR) is 81.4 cm³/mol. The van der Waals surface area contributed by atoms with Gasteiger partial charge in [0.15, 0.2) is 0 Å². The molecule has 6 nitrogen and oxygen atoms in total. The van der Waals surface area contributed by atoms with Crippen LogP contribution in [0.4, 0.5) is 17.8 Å². The third kappa shape index (κ3) is 2.78. The van der Waals surface area contributed by atoms with E-state index in [1.165, 1.54) is 25.7 Å². The van der Waals surface area contributed by atoms with E-state index in [1.807, 2.05) is 7.05 Å². The van der Waals surface area contributed by atoms with Crippen LogP contribution in [-0.4, -0.2) is 48.2 Å². The predicted octanol–water partition coefficient (Wildman–Crippen LogP) is 1.75. The van der Waals surface area contributed by atoms with Gasteiger partial charge >= 0.3 is 0 Å². The van der Waals surface area contributed by atoms with Crippen LogP contribution in [0.5, 0.6) is 0 Å². The van der Waals surface area contributed by atoms with Crippen molar-refractivity contribution < 1.29 is 0 Å². The Hall–Kier alpha value is -1.59. The summed E-state index contributed by atoms with van der Waals surface area (Å²) in [6.07, 6.45) is 4.91. The second-order valence-corrected chi connectivity index (χ2v) is 5.87. The lowest BCUT2D eigenvalue weighted by Gasteiger charge is -2.30. The summed E-state index contributed by atoms with van der Waals surface area (Å²) in [7, 11) is 1.87. The van der Waals surface area contributed by atoms with Gasteiger partial charge in [0.1, 0.15) is 0 Å². The first-order valence-corrected chi connectivity index (χ1v) is 7.70. The Morgan fingerprint density at radius 2 is 1.45 bits per heavy atom. The zero-order valence-corrected chi connectivity index (χ0v) is 12.5. The summed E-state index contributed by atoms with van der Waals surface area (Å²) in [5.41, 5.74) is 0.